The first-order valence-corrected chi connectivity index (χ1v) is 12.8. The molecule has 1 aliphatic heterocycles. The fourth-order valence-electron chi connectivity index (χ4n) is 5.19. The average Bonchev–Trinajstić information content (AvgIpc) is 3.52. The number of aromatic nitrogens is 4. The van der Waals surface area contributed by atoms with Crippen molar-refractivity contribution in [2.24, 2.45) is 5.14 Å². The molecule has 0 amide bonds. The zero-order valence-corrected chi connectivity index (χ0v) is 19.5. The van der Waals surface area contributed by atoms with Crippen molar-refractivity contribution < 1.29 is 8.42 Å². The largest absolute Gasteiger partial charge is 0.340 e. The summed E-state index contributed by atoms with van der Waals surface area (Å²) in [5.41, 5.74) is 5.56. The number of nitrogens with zero attached hydrogens (tertiary/aromatic N) is 4. The second-order valence-electron chi connectivity index (χ2n) is 8.99. The summed E-state index contributed by atoms with van der Waals surface area (Å²) in [4.78, 5) is 14.4. The van der Waals surface area contributed by atoms with Gasteiger partial charge in [-0.3, -0.25) is 4.98 Å². The molecule has 3 N–H and O–H groups in total. The molecule has 2 atom stereocenters. The number of anilines is 2. The summed E-state index contributed by atoms with van der Waals surface area (Å²) in [6, 6.07) is 16.8. The van der Waals surface area contributed by atoms with E-state index in [-0.39, 0.29) is 4.90 Å². The topological polar surface area (TPSA) is 116 Å². The van der Waals surface area contributed by atoms with E-state index in [1.165, 1.54) is 25.0 Å². The molecule has 1 fully saturated rings. The van der Waals surface area contributed by atoms with E-state index in [9.17, 15) is 8.42 Å². The molecular formula is C25H24N6O2S. The van der Waals surface area contributed by atoms with Crippen LogP contribution >= 0.6 is 0 Å². The third kappa shape index (κ3) is 3.57. The number of hydrogen-bond acceptors (Lipinski definition) is 6. The molecule has 6 rings (SSSR count). The summed E-state index contributed by atoms with van der Waals surface area (Å²) in [6.45, 7) is 1.99. The van der Waals surface area contributed by atoms with Crippen LogP contribution in [0.4, 0.5) is 11.5 Å². The number of rotatable bonds is 5. The van der Waals surface area contributed by atoms with Crippen LogP contribution in [-0.4, -0.2) is 27.9 Å². The summed E-state index contributed by atoms with van der Waals surface area (Å²) in [7, 11) is -3.73. The normalized spacial score (nSPS) is 18.8. The van der Waals surface area contributed by atoms with Crippen LogP contribution in [0.1, 0.15) is 42.7 Å². The molecule has 3 aromatic heterocycles. The van der Waals surface area contributed by atoms with Crippen molar-refractivity contribution in [3.8, 4) is 22.6 Å². The number of aryl methyl sites for hydroxylation is 1. The Bertz CT molecular complexity index is 1510. The molecule has 1 aliphatic carbocycles. The SMILES string of the molecule is Cc1cccc(-c2nc3n(c2-c2ccnc(Nc4ccc(S(N)(=O)=O)cc4)c2)C2CCC3C2)n1. The first-order chi connectivity index (χ1) is 16.4. The van der Waals surface area contributed by atoms with Gasteiger partial charge in [0.05, 0.1) is 16.3 Å². The minimum absolute atomic E-state index is 0.0694. The van der Waals surface area contributed by atoms with Crippen molar-refractivity contribution in [1.82, 2.24) is 19.5 Å². The smallest absolute Gasteiger partial charge is 0.238 e. The van der Waals surface area contributed by atoms with Gasteiger partial charge in [0.2, 0.25) is 10.0 Å². The minimum atomic E-state index is -3.73. The number of benzene rings is 1. The number of primary sulfonamides is 1. The van der Waals surface area contributed by atoms with Gasteiger partial charge in [-0.25, -0.2) is 23.5 Å². The van der Waals surface area contributed by atoms with Crippen molar-refractivity contribution in [2.45, 2.75) is 43.0 Å². The van der Waals surface area contributed by atoms with Crippen LogP contribution < -0.4 is 10.5 Å². The van der Waals surface area contributed by atoms with Gasteiger partial charge in [-0.05, 0) is 74.7 Å². The Kier molecular flexibility index (Phi) is 4.79. The zero-order valence-electron chi connectivity index (χ0n) is 18.6. The number of hydrogen-bond donors (Lipinski definition) is 2. The Balaban J connectivity index is 1.41. The monoisotopic (exact) mass is 472 g/mol. The van der Waals surface area contributed by atoms with Crippen molar-refractivity contribution >= 4 is 21.5 Å². The molecule has 34 heavy (non-hydrogen) atoms. The standard InChI is InChI=1S/C25H24N6O2S/c1-15-3-2-4-21(28-15)23-24(31-19-8-5-17(13-19)25(31)30-23)16-11-12-27-22(14-16)29-18-6-9-20(10-7-18)34(26,32)33/h2-4,6-7,9-12,14,17,19H,5,8,13H2,1H3,(H,27,29)(H2,26,32,33). The number of fused-ring (bicyclic) bond motifs is 5. The van der Waals surface area contributed by atoms with Crippen molar-refractivity contribution in [1.29, 1.82) is 0 Å². The van der Waals surface area contributed by atoms with Crippen molar-refractivity contribution in [3.63, 3.8) is 0 Å². The summed E-state index contributed by atoms with van der Waals surface area (Å²) in [5, 5.41) is 8.46. The Morgan fingerprint density at radius 3 is 2.65 bits per heavy atom. The van der Waals surface area contributed by atoms with Crippen LogP contribution in [0.5, 0.6) is 0 Å². The van der Waals surface area contributed by atoms with Gasteiger partial charge in [0.1, 0.15) is 17.3 Å². The molecular weight excluding hydrogens is 448 g/mol. The number of nitrogens with one attached hydrogen (secondary N) is 1. The van der Waals surface area contributed by atoms with E-state index >= 15 is 0 Å². The predicted octanol–water partition coefficient (Wildman–Crippen LogP) is 4.53. The van der Waals surface area contributed by atoms with Gasteiger partial charge in [0, 0.05) is 35.1 Å². The summed E-state index contributed by atoms with van der Waals surface area (Å²) in [6.07, 6.45) is 5.30. The first-order valence-electron chi connectivity index (χ1n) is 11.3. The predicted molar refractivity (Wildman–Crippen MR) is 130 cm³/mol. The van der Waals surface area contributed by atoms with Gasteiger partial charge in [-0.2, -0.15) is 0 Å². The van der Waals surface area contributed by atoms with Crippen LogP contribution in [0, 0.1) is 6.92 Å². The highest BCUT2D eigenvalue weighted by Crippen LogP contribution is 2.52. The van der Waals surface area contributed by atoms with E-state index in [4.69, 9.17) is 15.1 Å². The molecule has 4 aromatic rings. The third-order valence-corrected chi connectivity index (χ3v) is 7.62. The molecule has 0 saturated heterocycles. The van der Waals surface area contributed by atoms with Crippen molar-refractivity contribution in [2.75, 3.05) is 5.32 Å². The molecule has 8 nitrogen and oxygen atoms in total. The molecule has 4 heterocycles. The number of sulfonamides is 1. The Morgan fingerprint density at radius 1 is 1.06 bits per heavy atom. The molecule has 172 valence electrons. The van der Waals surface area contributed by atoms with Crippen LogP contribution in [-0.2, 0) is 10.0 Å². The Labute approximate surface area is 198 Å². The molecule has 1 aromatic carbocycles. The number of imidazole rings is 1. The minimum Gasteiger partial charge on any atom is -0.340 e. The first kappa shape index (κ1) is 21.0. The highest BCUT2D eigenvalue weighted by Gasteiger charge is 2.41. The maximum absolute atomic E-state index is 11.5. The van der Waals surface area contributed by atoms with E-state index in [0.717, 1.165) is 46.3 Å². The maximum atomic E-state index is 11.5. The van der Waals surface area contributed by atoms with E-state index in [0.29, 0.717) is 17.8 Å². The molecule has 1 saturated carbocycles. The Morgan fingerprint density at radius 2 is 1.88 bits per heavy atom. The highest BCUT2D eigenvalue weighted by molar-refractivity contribution is 7.89. The maximum Gasteiger partial charge on any atom is 0.238 e. The van der Waals surface area contributed by atoms with E-state index in [2.05, 4.69) is 14.9 Å². The third-order valence-electron chi connectivity index (χ3n) is 6.69. The van der Waals surface area contributed by atoms with Gasteiger partial charge < -0.3 is 9.88 Å². The fourth-order valence-corrected chi connectivity index (χ4v) is 5.70. The molecule has 2 aliphatic rings. The second kappa shape index (κ2) is 7.75. The molecule has 0 spiro atoms. The Hall–Kier alpha value is -3.56. The van der Waals surface area contributed by atoms with Crippen LogP contribution in [0.25, 0.3) is 22.6 Å². The zero-order chi connectivity index (χ0) is 23.4. The van der Waals surface area contributed by atoms with E-state index < -0.39 is 10.0 Å². The molecule has 9 heteroatoms. The van der Waals surface area contributed by atoms with Gasteiger partial charge in [-0.15, -0.1) is 0 Å². The van der Waals surface area contributed by atoms with Gasteiger partial charge in [0.25, 0.3) is 0 Å². The van der Waals surface area contributed by atoms with Gasteiger partial charge in [-0.1, -0.05) is 6.07 Å². The van der Waals surface area contributed by atoms with Crippen LogP contribution in [0.3, 0.4) is 0 Å². The lowest BCUT2D eigenvalue weighted by molar-refractivity contribution is 0.530. The quantitative estimate of drug-likeness (QED) is 0.441. The molecule has 2 bridgehead atoms. The van der Waals surface area contributed by atoms with Crippen LogP contribution in [0.2, 0.25) is 0 Å². The lowest BCUT2D eigenvalue weighted by Crippen LogP contribution is -2.11. The highest BCUT2D eigenvalue weighted by atomic mass is 32.2. The van der Waals surface area contributed by atoms with Gasteiger partial charge in [0.15, 0.2) is 0 Å². The molecule has 2 unspecified atom stereocenters. The summed E-state index contributed by atoms with van der Waals surface area (Å²) in [5.74, 6) is 2.33. The fraction of sp³-hybridized carbons (Fsp3) is 0.240. The summed E-state index contributed by atoms with van der Waals surface area (Å²) < 4.78 is 25.5. The van der Waals surface area contributed by atoms with Crippen molar-refractivity contribution in [3.05, 3.63) is 72.3 Å². The summed E-state index contributed by atoms with van der Waals surface area (Å²) >= 11 is 0. The van der Waals surface area contributed by atoms with E-state index in [1.807, 2.05) is 37.3 Å². The molecule has 0 radical (unpaired) electrons. The number of pyridine rings is 2. The second-order valence-corrected chi connectivity index (χ2v) is 10.6. The van der Waals surface area contributed by atoms with Crippen LogP contribution in [0.15, 0.2) is 65.7 Å². The van der Waals surface area contributed by atoms with Gasteiger partial charge >= 0.3 is 0 Å². The number of nitrogens with two attached hydrogens (primary N) is 1. The lowest BCUT2D eigenvalue weighted by Gasteiger charge is -2.18. The lowest BCUT2D eigenvalue weighted by atomic mass is 10.1. The average molecular weight is 473 g/mol. The van der Waals surface area contributed by atoms with E-state index in [1.54, 1.807) is 18.3 Å².